The summed E-state index contributed by atoms with van der Waals surface area (Å²) in [5.74, 6) is -0.887. The van der Waals surface area contributed by atoms with Crippen LogP contribution in [-0.4, -0.2) is 27.7 Å². The summed E-state index contributed by atoms with van der Waals surface area (Å²) in [5, 5.41) is 11.6. The van der Waals surface area contributed by atoms with Crippen molar-refractivity contribution >= 4 is 39.5 Å². The lowest BCUT2D eigenvalue weighted by molar-refractivity contribution is -0.131. The highest BCUT2D eigenvalue weighted by Crippen LogP contribution is 2.39. The van der Waals surface area contributed by atoms with Crippen LogP contribution in [0.5, 0.6) is 0 Å². The second-order valence-corrected chi connectivity index (χ2v) is 23.9. The van der Waals surface area contributed by atoms with Crippen LogP contribution in [0.1, 0.15) is 82.0 Å². The van der Waals surface area contributed by atoms with E-state index in [1.807, 2.05) is 6.92 Å². The van der Waals surface area contributed by atoms with Crippen molar-refractivity contribution in [2.75, 3.05) is 0 Å². The molecule has 2 aromatic rings. The first-order valence-corrected chi connectivity index (χ1v) is 20.5. The number of hydrogen-bond acceptors (Lipinski definition) is 4. The first kappa shape index (κ1) is 32.7. The fraction of sp³-hybridized carbons (Fsp3) is 0.581. The van der Waals surface area contributed by atoms with Crippen molar-refractivity contribution in [2.45, 2.75) is 117 Å². The number of carboxylic acids is 1. The molecule has 38 heavy (non-hydrogen) atoms. The van der Waals surface area contributed by atoms with Gasteiger partial charge in [-0.25, -0.2) is 4.79 Å². The van der Waals surface area contributed by atoms with Crippen molar-refractivity contribution in [3.63, 3.8) is 0 Å². The van der Waals surface area contributed by atoms with E-state index in [0.29, 0.717) is 19.6 Å². The molecule has 1 aromatic carbocycles. The van der Waals surface area contributed by atoms with E-state index in [0.717, 1.165) is 23.3 Å². The van der Waals surface area contributed by atoms with Crippen molar-refractivity contribution in [1.82, 2.24) is 0 Å². The largest absolute Gasteiger partial charge is 0.478 e. The Kier molecular flexibility index (Phi) is 11.0. The number of rotatable bonds is 12. The minimum absolute atomic E-state index is 0.158. The van der Waals surface area contributed by atoms with Gasteiger partial charge in [-0.1, -0.05) is 66.7 Å². The Balaban J connectivity index is 2.25. The van der Waals surface area contributed by atoms with Crippen LogP contribution < -0.4 is 0 Å². The van der Waals surface area contributed by atoms with Crippen LogP contribution in [0.25, 0.3) is 5.57 Å². The van der Waals surface area contributed by atoms with Crippen LogP contribution in [-0.2, 0) is 39.7 Å². The predicted molar refractivity (Wildman–Crippen MR) is 168 cm³/mol. The minimum atomic E-state index is -1.89. The van der Waals surface area contributed by atoms with E-state index in [1.165, 1.54) is 28.3 Å². The molecule has 0 fully saturated rings. The van der Waals surface area contributed by atoms with Gasteiger partial charge >= 0.3 is 5.97 Å². The zero-order chi connectivity index (χ0) is 28.9. The summed E-state index contributed by atoms with van der Waals surface area (Å²) in [6.45, 7) is 26.1. The molecule has 0 saturated heterocycles. The summed E-state index contributed by atoms with van der Waals surface area (Å²) >= 11 is 1.63. The molecule has 0 bridgehead atoms. The Labute approximate surface area is 237 Å². The van der Waals surface area contributed by atoms with E-state index in [4.69, 9.17) is 14.0 Å². The molecule has 1 heterocycles. The lowest BCUT2D eigenvalue weighted by atomic mass is 10.00. The molecule has 4 nitrogen and oxygen atoms in total. The predicted octanol–water partition coefficient (Wildman–Crippen LogP) is 9.45. The summed E-state index contributed by atoms with van der Waals surface area (Å²) in [6, 6.07) is 8.92. The van der Waals surface area contributed by atoms with Gasteiger partial charge in [0.25, 0.3) is 0 Å². The summed E-state index contributed by atoms with van der Waals surface area (Å²) in [6.07, 6.45) is 3.89. The molecule has 0 amide bonds. The highest BCUT2D eigenvalue weighted by Gasteiger charge is 2.38. The van der Waals surface area contributed by atoms with Crippen LogP contribution in [0.2, 0.25) is 36.3 Å². The Morgan fingerprint density at radius 3 is 1.89 bits per heavy atom. The molecule has 0 spiro atoms. The summed E-state index contributed by atoms with van der Waals surface area (Å²) in [4.78, 5) is 12.2. The highest BCUT2D eigenvalue weighted by atomic mass is 32.1. The van der Waals surface area contributed by atoms with E-state index in [9.17, 15) is 4.79 Å². The van der Waals surface area contributed by atoms with Crippen molar-refractivity contribution in [2.24, 2.45) is 0 Å². The van der Waals surface area contributed by atoms with Gasteiger partial charge in [-0.2, -0.15) is 0 Å². The van der Waals surface area contributed by atoms with Gasteiger partial charge in [-0.05, 0) is 94.8 Å². The number of thiophene rings is 1. The third kappa shape index (κ3) is 9.02. The van der Waals surface area contributed by atoms with E-state index in [1.54, 1.807) is 11.3 Å². The normalized spacial score (nSPS) is 13.7. The second-order valence-electron chi connectivity index (χ2n) is 13.4. The van der Waals surface area contributed by atoms with E-state index in [2.05, 4.69) is 97.4 Å². The first-order valence-electron chi connectivity index (χ1n) is 13.8. The summed E-state index contributed by atoms with van der Waals surface area (Å²) < 4.78 is 13.3. The molecule has 0 aliphatic rings. The summed E-state index contributed by atoms with van der Waals surface area (Å²) in [5.41, 5.74) is 5.87. The molecule has 1 N–H and O–H groups in total. The average Bonchev–Trinajstić information content (AvgIpc) is 3.26. The fourth-order valence-corrected chi connectivity index (χ4v) is 6.46. The van der Waals surface area contributed by atoms with Crippen molar-refractivity contribution in [1.29, 1.82) is 0 Å². The van der Waals surface area contributed by atoms with Gasteiger partial charge < -0.3 is 14.0 Å². The van der Waals surface area contributed by atoms with Gasteiger partial charge in [0.2, 0.25) is 0 Å². The number of hydrogen-bond donors (Lipinski definition) is 1. The fourth-order valence-electron chi connectivity index (χ4n) is 3.52. The van der Waals surface area contributed by atoms with E-state index < -0.39 is 22.6 Å². The third-order valence-corrected chi connectivity index (χ3v) is 18.4. The first-order chi connectivity index (χ1) is 17.4. The molecule has 0 radical (unpaired) electrons. The van der Waals surface area contributed by atoms with Crippen molar-refractivity contribution in [3.05, 3.63) is 62.9 Å². The van der Waals surface area contributed by atoms with Crippen molar-refractivity contribution < 1.29 is 18.8 Å². The second kappa shape index (κ2) is 12.8. The van der Waals surface area contributed by atoms with Crippen LogP contribution in [0.4, 0.5) is 0 Å². The standard InChI is InChI=1S/C31H50O4SSi2/c1-12-25(19-29(32)33)28-18-24(22-36-28)14-13-23-15-16-26(20-34-37(8,9)30(2,3)4)27(17-23)21-35-38(10,11)31(5,6)7/h15-19,22H,12-14,20-21H2,1-11H3,(H,32,33). The molecule has 0 aliphatic heterocycles. The Bertz CT molecular complexity index is 1120. The number of aliphatic carboxylic acids is 1. The number of allylic oxidation sites excluding steroid dienone is 1. The maximum Gasteiger partial charge on any atom is 0.328 e. The molecule has 2 rings (SSSR count). The quantitative estimate of drug-likeness (QED) is 0.203. The molecular formula is C31H50O4SSi2. The third-order valence-electron chi connectivity index (χ3n) is 8.41. The molecular weight excluding hydrogens is 525 g/mol. The van der Waals surface area contributed by atoms with Gasteiger partial charge in [0.15, 0.2) is 16.6 Å². The average molecular weight is 575 g/mol. The van der Waals surface area contributed by atoms with E-state index in [-0.39, 0.29) is 10.1 Å². The van der Waals surface area contributed by atoms with Crippen LogP contribution in [0.3, 0.4) is 0 Å². The number of aryl methyl sites for hydroxylation is 2. The minimum Gasteiger partial charge on any atom is -0.478 e. The lowest BCUT2D eigenvalue weighted by Crippen LogP contribution is -2.41. The Hall–Kier alpha value is -1.52. The topological polar surface area (TPSA) is 55.8 Å². The molecule has 212 valence electrons. The lowest BCUT2D eigenvalue weighted by Gasteiger charge is -2.37. The molecule has 0 aliphatic carbocycles. The monoisotopic (exact) mass is 574 g/mol. The molecule has 0 atom stereocenters. The number of benzene rings is 1. The number of carbonyl (C=O) groups is 1. The van der Waals surface area contributed by atoms with Crippen LogP contribution in [0, 0.1) is 0 Å². The zero-order valence-electron chi connectivity index (χ0n) is 25.6. The summed E-state index contributed by atoms with van der Waals surface area (Å²) in [7, 11) is -3.76. The number of carboxylic acid groups (broad SMARTS) is 1. The van der Waals surface area contributed by atoms with Crippen molar-refractivity contribution in [3.8, 4) is 0 Å². The highest BCUT2D eigenvalue weighted by molar-refractivity contribution is 7.11. The SMILES string of the molecule is CCC(=CC(=O)O)c1cc(CCc2ccc(CO[Si](C)(C)C(C)(C)C)c(CO[Si](C)(C)C(C)(C)C)c2)cs1. The maximum absolute atomic E-state index is 11.2. The van der Waals surface area contributed by atoms with Gasteiger partial charge in [-0.15, -0.1) is 11.3 Å². The Morgan fingerprint density at radius 1 is 0.868 bits per heavy atom. The van der Waals surface area contributed by atoms with E-state index >= 15 is 0 Å². The molecule has 7 heteroatoms. The van der Waals surface area contributed by atoms with Crippen LogP contribution >= 0.6 is 11.3 Å². The van der Waals surface area contributed by atoms with Gasteiger partial charge in [0.1, 0.15) is 0 Å². The smallest absolute Gasteiger partial charge is 0.328 e. The molecule has 1 aromatic heterocycles. The van der Waals surface area contributed by atoms with Gasteiger partial charge in [0.05, 0.1) is 13.2 Å². The Morgan fingerprint density at radius 2 is 1.39 bits per heavy atom. The zero-order valence-corrected chi connectivity index (χ0v) is 28.4. The van der Waals surface area contributed by atoms with Crippen LogP contribution in [0.15, 0.2) is 35.7 Å². The molecule has 0 unspecified atom stereocenters. The van der Waals surface area contributed by atoms with Gasteiger partial charge in [0, 0.05) is 11.0 Å². The molecule has 0 saturated carbocycles. The maximum atomic E-state index is 11.2. The van der Waals surface area contributed by atoms with Gasteiger partial charge in [-0.3, -0.25) is 0 Å².